The van der Waals surface area contributed by atoms with Gasteiger partial charge in [-0.2, -0.15) is 0 Å². The van der Waals surface area contributed by atoms with Crippen LogP contribution in [0.3, 0.4) is 0 Å². The number of hydrogen-bond acceptors (Lipinski definition) is 2. The van der Waals surface area contributed by atoms with Crippen LogP contribution < -0.4 is 10.2 Å². The van der Waals surface area contributed by atoms with Gasteiger partial charge in [0.1, 0.15) is 6.54 Å². The highest BCUT2D eigenvalue weighted by atomic mass is 35.5. The Morgan fingerprint density at radius 1 is 1.40 bits per heavy atom. The molecule has 1 aliphatic heterocycles. The standard InChI is InChI=1S/C10H9ClN2O2/c1-6-2-3-7(11)4-8(6)13-5-9(14)12-10(13)15/h2-4H,5H2,1H3,(H,12,14,15). The van der Waals surface area contributed by atoms with Gasteiger partial charge in [-0.3, -0.25) is 15.0 Å². The molecule has 0 unspecified atom stereocenters. The summed E-state index contributed by atoms with van der Waals surface area (Å²) in [6, 6.07) is 4.84. The van der Waals surface area contributed by atoms with E-state index < -0.39 is 6.03 Å². The maximum absolute atomic E-state index is 11.4. The summed E-state index contributed by atoms with van der Waals surface area (Å²) in [5.41, 5.74) is 1.58. The van der Waals surface area contributed by atoms with Crippen LogP contribution in [0.4, 0.5) is 10.5 Å². The molecule has 1 aliphatic rings. The predicted octanol–water partition coefficient (Wildman–Crippen LogP) is 1.70. The number of carbonyl (C=O) groups excluding carboxylic acids is 2. The van der Waals surface area contributed by atoms with Crippen LogP contribution in [0.5, 0.6) is 0 Å². The molecule has 5 heteroatoms. The molecule has 1 aromatic carbocycles. The lowest BCUT2D eigenvalue weighted by molar-refractivity contribution is -0.117. The Bertz CT molecular complexity index is 445. The number of urea groups is 1. The highest BCUT2D eigenvalue weighted by molar-refractivity contribution is 6.31. The Balaban J connectivity index is 2.41. The molecular weight excluding hydrogens is 216 g/mol. The van der Waals surface area contributed by atoms with E-state index >= 15 is 0 Å². The van der Waals surface area contributed by atoms with Gasteiger partial charge in [-0.1, -0.05) is 17.7 Å². The molecule has 4 nitrogen and oxygen atoms in total. The number of halogens is 1. The van der Waals surface area contributed by atoms with Gasteiger partial charge in [0.25, 0.3) is 0 Å². The summed E-state index contributed by atoms with van der Waals surface area (Å²) >= 11 is 5.84. The van der Waals surface area contributed by atoms with Crippen LogP contribution in [-0.2, 0) is 4.79 Å². The first kappa shape index (κ1) is 9.98. The summed E-state index contributed by atoms with van der Waals surface area (Å²) in [6.45, 7) is 1.92. The number of benzene rings is 1. The van der Waals surface area contributed by atoms with Crippen LogP contribution in [0.1, 0.15) is 5.56 Å². The van der Waals surface area contributed by atoms with Crippen LogP contribution in [0.25, 0.3) is 0 Å². The van der Waals surface area contributed by atoms with Crippen molar-refractivity contribution in [1.29, 1.82) is 0 Å². The molecule has 0 spiro atoms. The highest BCUT2D eigenvalue weighted by Gasteiger charge is 2.28. The number of nitrogens with zero attached hydrogens (tertiary/aromatic N) is 1. The first-order valence-electron chi connectivity index (χ1n) is 4.45. The lowest BCUT2D eigenvalue weighted by atomic mass is 10.2. The number of hydrogen-bond donors (Lipinski definition) is 1. The van der Waals surface area contributed by atoms with Crippen molar-refractivity contribution < 1.29 is 9.59 Å². The van der Waals surface area contributed by atoms with E-state index in [1.165, 1.54) is 4.90 Å². The molecular formula is C10H9ClN2O2. The summed E-state index contributed by atoms with van der Waals surface area (Å²) in [7, 11) is 0. The van der Waals surface area contributed by atoms with E-state index in [9.17, 15) is 9.59 Å². The van der Waals surface area contributed by atoms with Crippen LogP contribution in [0, 0.1) is 6.92 Å². The molecule has 1 saturated heterocycles. The van der Waals surface area contributed by atoms with Gasteiger partial charge in [0.2, 0.25) is 5.91 Å². The summed E-state index contributed by atoms with van der Waals surface area (Å²) in [5.74, 6) is -0.292. The molecule has 78 valence electrons. The summed E-state index contributed by atoms with van der Waals surface area (Å²) in [5, 5.41) is 2.76. The number of rotatable bonds is 1. The van der Waals surface area contributed by atoms with E-state index in [0.29, 0.717) is 10.7 Å². The minimum Gasteiger partial charge on any atom is -0.284 e. The third-order valence-electron chi connectivity index (χ3n) is 2.26. The van der Waals surface area contributed by atoms with Crippen molar-refractivity contribution >= 4 is 29.2 Å². The number of anilines is 1. The molecule has 1 fully saturated rings. The first-order chi connectivity index (χ1) is 7.08. The number of amides is 3. The second-order valence-electron chi connectivity index (χ2n) is 3.37. The molecule has 0 aromatic heterocycles. The molecule has 0 atom stereocenters. The zero-order chi connectivity index (χ0) is 11.0. The van der Waals surface area contributed by atoms with E-state index in [-0.39, 0.29) is 12.5 Å². The molecule has 0 saturated carbocycles. The number of aryl methyl sites for hydroxylation is 1. The second kappa shape index (κ2) is 3.55. The third kappa shape index (κ3) is 1.80. The fourth-order valence-electron chi connectivity index (χ4n) is 1.51. The Labute approximate surface area is 91.8 Å². The van der Waals surface area contributed by atoms with Crippen molar-refractivity contribution in [2.75, 3.05) is 11.4 Å². The monoisotopic (exact) mass is 224 g/mol. The Morgan fingerprint density at radius 2 is 2.13 bits per heavy atom. The predicted molar refractivity (Wildman–Crippen MR) is 57.1 cm³/mol. The van der Waals surface area contributed by atoms with E-state index in [4.69, 9.17) is 11.6 Å². The molecule has 1 N–H and O–H groups in total. The molecule has 0 radical (unpaired) electrons. The van der Waals surface area contributed by atoms with Crippen LogP contribution in [-0.4, -0.2) is 18.5 Å². The number of imide groups is 1. The fraction of sp³-hybridized carbons (Fsp3) is 0.200. The van der Waals surface area contributed by atoms with Gasteiger partial charge in [0.05, 0.1) is 5.69 Å². The zero-order valence-electron chi connectivity index (χ0n) is 8.08. The van der Waals surface area contributed by atoms with Crippen molar-refractivity contribution in [3.05, 3.63) is 28.8 Å². The molecule has 1 heterocycles. The van der Waals surface area contributed by atoms with Crippen LogP contribution in [0.15, 0.2) is 18.2 Å². The first-order valence-corrected chi connectivity index (χ1v) is 4.83. The minimum absolute atomic E-state index is 0.0556. The second-order valence-corrected chi connectivity index (χ2v) is 3.81. The van der Waals surface area contributed by atoms with Gasteiger partial charge < -0.3 is 0 Å². The van der Waals surface area contributed by atoms with Crippen LogP contribution >= 0.6 is 11.6 Å². The molecule has 0 aliphatic carbocycles. The molecule has 2 rings (SSSR count). The SMILES string of the molecule is Cc1ccc(Cl)cc1N1CC(=O)NC1=O. The van der Waals surface area contributed by atoms with E-state index in [1.54, 1.807) is 12.1 Å². The largest absolute Gasteiger partial charge is 0.329 e. The number of nitrogens with one attached hydrogen (secondary N) is 1. The third-order valence-corrected chi connectivity index (χ3v) is 2.49. The molecule has 15 heavy (non-hydrogen) atoms. The summed E-state index contributed by atoms with van der Waals surface area (Å²) in [4.78, 5) is 23.8. The van der Waals surface area contributed by atoms with Crippen molar-refractivity contribution in [2.24, 2.45) is 0 Å². The fourth-order valence-corrected chi connectivity index (χ4v) is 1.68. The molecule has 3 amide bonds. The Morgan fingerprint density at radius 3 is 2.73 bits per heavy atom. The van der Waals surface area contributed by atoms with Gasteiger partial charge in [-0.05, 0) is 24.6 Å². The maximum atomic E-state index is 11.4. The van der Waals surface area contributed by atoms with Gasteiger partial charge in [-0.25, -0.2) is 4.79 Å². The lowest BCUT2D eigenvalue weighted by Gasteiger charge is -2.16. The topological polar surface area (TPSA) is 49.4 Å². The van der Waals surface area contributed by atoms with Crippen molar-refractivity contribution in [1.82, 2.24) is 5.32 Å². The quantitative estimate of drug-likeness (QED) is 0.739. The van der Waals surface area contributed by atoms with E-state index in [0.717, 1.165) is 5.56 Å². The average molecular weight is 225 g/mol. The van der Waals surface area contributed by atoms with Gasteiger partial charge in [-0.15, -0.1) is 0 Å². The van der Waals surface area contributed by atoms with Gasteiger partial charge in [0.15, 0.2) is 0 Å². The van der Waals surface area contributed by atoms with Crippen LogP contribution in [0.2, 0.25) is 5.02 Å². The summed E-state index contributed by atoms with van der Waals surface area (Å²) < 4.78 is 0. The highest BCUT2D eigenvalue weighted by Crippen LogP contribution is 2.25. The average Bonchev–Trinajstić information content (AvgIpc) is 2.50. The number of carbonyl (C=O) groups is 2. The minimum atomic E-state index is -0.398. The maximum Gasteiger partial charge on any atom is 0.329 e. The van der Waals surface area contributed by atoms with Gasteiger partial charge >= 0.3 is 6.03 Å². The molecule has 1 aromatic rings. The normalized spacial score (nSPS) is 15.7. The Kier molecular flexibility index (Phi) is 2.36. The van der Waals surface area contributed by atoms with Crippen molar-refractivity contribution in [3.63, 3.8) is 0 Å². The lowest BCUT2D eigenvalue weighted by Crippen LogP contribution is -2.28. The zero-order valence-corrected chi connectivity index (χ0v) is 8.84. The van der Waals surface area contributed by atoms with Crippen molar-refractivity contribution in [2.45, 2.75) is 6.92 Å². The summed E-state index contributed by atoms with van der Waals surface area (Å²) in [6.07, 6.45) is 0. The van der Waals surface area contributed by atoms with Crippen molar-refractivity contribution in [3.8, 4) is 0 Å². The van der Waals surface area contributed by atoms with E-state index in [2.05, 4.69) is 5.32 Å². The smallest absolute Gasteiger partial charge is 0.284 e. The molecule has 0 bridgehead atoms. The Hall–Kier alpha value is -1.55. The van der Waals surface area contributed by atoms with Gasteiger partial charge in [0, 0.05) is 5.02 Å². The van der Waals surface area contributed by atoms with E-state index in [1.807, 2.05) is 13.0 Å².